The van der Waals surface area contributed by atoms with E-state index in [1.54, 1.807) is 11.3 Å². The number of hydrogen-bond donors (Lipinski definition) is 1. The lowest BCUT2D eigenvalue weighted by Crippen LogP contribution is -2.11. The number of nitrogens with zero attached hydrogens (tertiary/aromatic N) is 1. The van der Waals surface area contributed by atoms with Crippen molar-refractivity contribution in [1.82, 2.24) is 4.98 Å². The van der Waals surface area contributed by atoms with E-state index in [0.717, 1.165) is 12.4 Å². The Kier molecular flexibility index (Phi) is 3.48. The number of anilines is 1. The highest BCUT2D eigenvalue weighted by Gasteiger charge is 2.13. The van der Waals surface area contributed by atoms with Gasteiger partial charge in [0, 0.05) is 12.7 Å². The summed E-state index contributed by atoms with van der Waals surface area (Å²) in [6.07, 6.45) is 1.95. The van der Waals surface area contributed by atoms with Gasteiger partial charge in [-0.1, -0.05) is 26.8 Å². The van der Waals surface area contributed by atoms with Crippen molar-refractivity contribution in [2.75, 3.05) is 5.32 Å². The number of rotatable bonds is 3. The van der Waals surface area contributed by atoms with E-state index in [9.17, 15) is 0 Å². The van der Waals surface area contributed by atoms with Crippen molar-refractivity contribution in [2.24, 2.45) is 0 Å². The number of nitrogens with one attached hydrogen (secondary N) is 1. The van der Waals surface area contributed by atoms with E-state index in [-0.39, 0.29) is 5.41 Å². The van der Waals surface area contributed by atoms with Gasteiger partial charge in [-0.25, -0.2) is 4.98 Å². The van der Waals surface area contributed by atoms with E-state index in [1.165, 1.54) is 11.1 Å². The molecular weight excluding hydrogens is 228 g/mol. The van der Waals surface area contributed by atoms with E-state index < -0.39 is 0 Å². The molecule has 0 fully saturated rings. The highest BCUT2D eigenvalue weighted by atomic mass is 32.1. The Morgan fingerprint density at radius 1 is 1.24 bits per heavy atom. The van der Waals surface area contributed by atoms with Crippen LogP contribution >= 0.6 is 11.3 Å². The molecule has 2 aromatic heterocycles. The summed E-state index contributed by atoms with van der Waals surface area (Å²) in [4.78, 5) is 4.44. The van der Waals surface area contributed by atoms with Crippen LogP contribution in [-0.2, 0) is 12.0 Å². The van der Waals surface area contributed by atoms with Gasteiger partial charge in [-0.3, -0.25) is 0 Å². The fourth-order valence-corrected chi connectivity index (χ4v) is 2.20. The Balaban J connectivity index is 1.99. The van der Waals surface area contributed by atoms with Crippen LogP contribution in [-0.4, -0.2) is 4.98 Å². The molecule has 3 heteroatoms. The fourth-order valence-electron chi connectivity index (χ4n) is 1.53. The Hall–Kier alpha value is -1.35. The average molecular weight is 246 g/mol. The number of aromatic nitrogens is 1. The smallest absolute Gasteiger partial charge is 0.126 e. The minimum atomic E-state index is 0.166. The molecule has 0 unspecified atom stereocenters. The zero-order valence-electron chi connectivity index (χ0n) is 10.5. The average Bonchev–Trinajstić information content (AvgIpc) is 2.78. The number of thiophene rings is 1. The van der Waals surface area contributed by atoms with Crippen molar-refractivity contribution in [1.29, 1.82) is 0 Å². The largest absolute Gasteiger partial charge is 0.366 e. The molecule has 2 nitrogen and oxygen atoms in total. The third kappa shape index (κ3) is 3.30. The van der Waals surface area contributed by atoms with Crippen LogP contribution in [0, 0.1) is 0 Å². The van der Waals surface area contributed by atoms with Crippen LogP contribution in [0.1, 0.15) is 31.9 Å². The van der Waals surface area contributed by atoms with Gasteiger partial charge < -0.3 is 5.32 Å². The van der Waals surface area contributed by atoms with E-state index in [0.29, 0.717) is 0 Å². The van der Waals surface area contributed by atoms with Gasteiger partial charge in [0.25, 0.3) is 0 Å². The Bertz CT molecular complexity index is 452. The van der Waals surface area contributed by atoms with Crippen molar-refractivity contribution >= 4 is 17.2 Å². The minimum Gasteiger partial charge on any atom is -0.366 e. The summed E-state index contributed by atoms with van der Waals surface area (Å²) in [5.41, 5.74) is 2.73. The predicted molar refractivity (Wildman–Crippen MR) is 74.6 cm³/mol. The first kappa shape index (κ1) is 12.1. The molecule has 90 valence electrons. The summed E-state index contributed by atoms with van der Waals surface area (Å²) in [6, 6.07) is 6.32. The quantitative estimate of drug-likeness (QED) is 0.883. The van der Waals surface area contributed by atoms with Crippen LogP contribution in [0.5, 0.6) is 0 Å². The molecule has 0 aliphatic carbocycles. The van der Waals surface area contributed by atoms with Crippen molar-refractivity contribution in [3.8, 4) is 0 Å². The van der Waals surface area contributed by atoms with Crippen LogP contribution in [0.4, 0.5) is 5.82 Å². The SMILES string of the molecule is CC(C)(C)c1ccc(NCc2ccsc2)nc1. The summed E-state index contributed by atoms with van der Waals surface area (Å²) in [5, 5.41) is 7.56. The summed E-state index contributed by atoms with van der Waals surface area (Å²) in [5.74, 6) is 0.934. The third-order valence-electron chi connectivity index (χ3n) is 2.68. The second-order valence-corrected chi connectivity index (χ2v) is 5.95. The molecule has 2 heterocycles. The second-order valence-electron chi connectivity index (χ2n) is 5.17. The lowest BCUT2D eigenvalue weighted by molar-refractivity contribution is 0.587. The molecule has 0 amide bonds. The molecule has 0 saturated heterocycles. The lowest BCUT2D eigenvalue weighted by atomic mass is 9.88. The van der Waals surface area contributed by atoms with Crippen molar-refractivity contribution in [3.05, 3.63) is 46.3 Å². The molecule has 0 atom stereocenters. The highest BCUT2D eigenvalue weighted by molar-refractivity contribution is 7.07. The first-order chi connectivity index (χ1) is 8.05. The first-order valence-electron chi connectivity index (χ1n) is 5.77. The molecule has 2 aromatic rings. The minimum absolute atomic E-state index is 0.166. The van der Waals surface area contributed by atoms with Gasteiger partial charge in [-0.15, -0.1) is 0 Å². The lowest BCUT2D eigenvalue weighted by Gasteiger charge is -2.18. The monoisotopic (exact) mass is 246 g/mol. The summed E-state index contributed by atoms with van der Waals surface area (Å²) in [6.45, 7) is 7.43. The van der Waals surface area contributed by atoms with Crippen molar-refractivity contribution in [2.45, 2.75) is 32.7 Å². The molecule has 0 aliphatic rings. The molecule has 0 aromatic carbocycles. The van der Waals surface area contributed by atoms with Crippen LogP contribution < -0.4 is 5.32 Å². The predicted octanol–water partition coefficient (Wildman–Crippen LogP) is 4.05. The van der Waals surface area contributed by atoms with E-state index in [4.69, 9.17) is 0 Å². The second kappa shape index (κ2) is 4.88. The Morgan fingerprint density at radius 3 is 2.59 bits per heavy atom. The molecule has 0 saturated carbocycles. The van der Waals surface area contributed by atoms with Crippen LogP contribution in [0.3, 0.4) is 0 Å². The van der Waals surface area contributed by atoms with Crippen molar-refractivity contribution < 1.29 is 0 Å². The molecule has 0 bridgehead atoms. The highest BCUT2D eigenvalue weighted by Crippen LogP contribution is 2.22. The van der Waals surface area contributed by atoms with Crippen molar-refractivity contribution in [3.63, 3.8) is 0 Å². The standard InChI is InChI=1S/C14H18N2S/c1-14(2,3)12-4-5-13(16-9-12)15-8-11-6-7-17-10-11/h4-7,9-10H,8H2,1-3H3,(H,15,16). The van der Waals surface area contributed by atoms with Gasteiger partial charge >= 0.3 is 0 Å². The van der Waals surface area contributed by atoms with E-state index >= 15 is 0 Å². The van der Waals surface area contributed by atoms with Crippen LogP contribution in [0.2, 0.25) is 0 Å². The maximum Gasteiger partial charge on any atom is 0.126 e. The summed E-state index contributed by atoms with van der Waals surface area (Å²) >= 11 is 1.72. The summed E-state index contributed by atoms with van der Waals surface area (Å²) in [7, 11) is 0. The first-order valence-corrected chi connectivity index (χ1v) is 6.71. The zero-order valence-corrected chi connectivity index (χ0v) is 11.3. The molecule has 0 aliphatic heterocycles. The normalized spacial score (nSPS) is 11.5. The van der Waals surface area contributed by atoms with Crippen LogP contribution in [0.25, 0.3) is 0 Å². The Morgan fingerprint density at radius 2 is 2.06 bits per heavy atom. The number of hydrogen-bond acceptors (Lipinski definition) is 3. The molecule has 2 rings (SSSR count). The maximum absolute atomic E-state index is 4.44. The number of pyridine rings is 1. The molecule has 0 radical (unpaired) electrons. The molecule has 0 spiro atoms. The van der Waals surface area contributed by atoms with Gasteiger partial charge in [-0.2, -0.15) is 11.3 Å². The van der Waals surface area contributed by atoms with Gasteiger partial charge in [-0.05, 0) is 39.4 Å². The van der Waals surface area contributed by atoms with Gasteiger partial charge in [0.1, 0.15) is 5.82 Å². The third-order valence-corrected chi connectivity index (χ3v) is 3.42. The fraction of sp³-hybridized carbons (Fsp3) is 0.357. The van der Waals surface area contributed by atoms with Crippen LogP contribution in [0.15, 0.2) is 35.2 Å². The van der Waals surface area contributed by atoms with Gasteiger partial charge in [0.05, 0.1) is 0 Å². The van der Waals surface area contributed by atoms with E-state index in [1.807, 2.05) is 12.3 Å². The Labute approximate surface area is 107 Å². The molecule has 1 N–H and O–H groups in total. The molecule has 17 heavy (non-hydrogen) atoms. The zero-order chi connectivity index (χ0) is 12.3. The van der Waals surface area contributed by atoms with Gasteiger partial charge in [0.2, 0.25) is 0 Å². The molecular formula is C14H18N2S. The maximum atomic E-state index is 4.44. The topological polar surface area (TPSA) is 24.9 Å². The summed E-state index contributed by atoms with van der Waals surface area (Å²) < 4.78 is 0. The van der Waals surface area contributed by atoms with E-state index in [2.05, 4.69) is 54.0 Å². The van der Waals surface area contributed by atoms with Gasteiger partial charge in [0.15, 0.2) is 0 Å².